The lowest BCUT2D eigenvalue weighted by atomic mass is 10.3. The lowest BCUT2D eigenvalue weighted by molar-refractivity contribution is -0.116. The molecule has 0 aromatic carbocycles. The van der Waals surface area contributed by atoms with E-state index >= 15 is 0 Å². The van der Waals surface area contributed by atoms with Crippen LogP contribution < -0.4 is 10.6 Å². The van der Waals surface area contributed by atoms with E-state index in [1.165, 1.54) is 0 Å². The fourth-order valence-corrected chi connectivity index (χ4v) is 1.19. The number of anilines is 1. The van der Waals surface area contributed by atoms with Gasteiger partial charge in [-0.2, -0.15) is 0 Å². The molecular formula is C11H17N3O. The van der Waals surface area contributed by atoms with Crippen molar-refractivity contribution in [2.45, 2.75) is 20.3 Å². The molecule has 1 heterocycles. The van der Waals surface area contributed by atoms with Crippen LogP contribution in [0, 0.1) is 6.92 Å². The van der Waals surface area contributed by atoms with Crippen molar-refractivity contribution in [3.63, 3.8) is 0 Å². The lowest BCUT2D eigenvalue weighted by Gasteiger charge is -2.04. The predicted molar refractivity (Wildman–Crippen MR) is 60.8 cm³/mol. The molecule has 82 valence electrons. The van der Waals surface area contributed by atoms with Crippen LogP contribution in [0.1, 0.15) is 18.9 Å². The van der Waals surface area contributed by atoms with E-state index in [1.54, 1.807) is 6.20 Å². The average Bonchev–Trinajstić information content (AvgIpc) is 2.18. The Morgan fingerprint density at radius 1 is 1.53 bits per heavy atom. The van der Waals surface area contributed by atoms with Crippen LogP contribution in [-0.2, 0) is 4.79 Å². The third-order valence-corrected chi connectivity index (χ3v) is 1.96. The summed E-state index contributed by atoms with van der Waals surface area (Å²) < 4.78 is 0. The summed E-state index contributed by atoms with van der Waals surface area (Å²) in [4.78, 5) is 15.5. The lowest BCUT2D eigenvalue weighted by Crippen LogP contribution is -2.21. The fourth-order valence-electron chi connectivity index (χ4n) is 1.19. The number of rotatable bonds is 5. The Kier molecular flexibility index (Phi) is 4.77. The summed E-state index contributed by atoms with van der Waals surface area (Å²) in [5.41, 5.74) is 1.09. The average molecular weight is 207 g/mol. The topological polar surface area (TPSA) is 54.0 Å². The molecule has 0 aliphatic heterocycles. The van der Waals surface area contributed by atoms with E-state index in [0.717, 1.165) is 12.1 Å². The number of amides is 1. The van der Waals surface area contributed by atoms with Crippen molar-refractivity contribution < 1.29 is 4.79 Å². The van der Waals surface area contributed by atoms with Gasteiger partial charge in [-0.05, 0) is 31.2 Å². The zero-order valence-corrected chi connectivity index (χ0v) is 9.21. The molecule has 1 amide bonds. The largest absolute Gasteiger partial charge is 0.316 e. The molecule has 1 rings (SSSR count). The number of carbonyl (C=O) groups is 1. The molecule has 0 aliphatic rings. The van der Waals surface area contributed by atoms with Gasteiger partial charge in [0.1, 0.15) is 5.82 Å². The van der Waals surface area contributed by atoms with Crippen LogP contribution >= 0.6 is 0 Å². The molecule has 15 heavy (non-hydrogen) atoms. The monoisotopic (exact) mass is 207 g/mol. The van der Waals surface area contributed by atoms with Gasteiger partial charge >= 0.3 is 0 Å². The van der Waals surface area contributed by atoms with E-state index in [1.807, 2.05) is 26.0 Å². The Bertz CT molecular complexity index is 325. The van der Waals surface area contributed by atoms with Gasteiger partial charge in [0.25, 0.3) is 0 Å². The minimum Gasteiger partial charge on any atom is -0.316 e. The number of nitrogens with zero attached hydrogens (tertiary/aromatic N) is 1. The van der Waals surface area contributed by atoms with Crippen molar-refractivity contribution in [1.29, 1.82) is 0 Å². The maximum Gasteiger partial charge on any atom is 0.226 e. The zero-order chi connectivity index (χ0) is 11.1. The van der Waals surface area contributed by atoms with E-state index < -0.39 is 0 Å². The van der Waals surface area contributed by atoms with Crippen LogP contribution in [0.4, 0.5) is 5.82 Å². The van der Waals surface area contributed by atoms with Gasteiger partial charge in [-0.3, -0.25) is 4.79 Å². The number of nitrogens with one attached hydrogen (secondary N) is 2. The molecule has 0 aliphatic carbocycles. The number of carbonyl (C=O) groups excluding carboxylic acids is 1. The first-order valence-electron chi connectivity index (χ1n) is 5.15. The normalized spacial score (nSPS) is 10.0. The Hall–Kier alpha value is -1.42. The first kappa shape index (κ1) is 11.7. The summed E-state index contributed by atoms with van der Waals surface area (Å²) in [6, 6.07) is 3.75. The minimum absolute atomic E-state index is 0.00551. The molecular weight excluding hydrogens is 190 g/mol. The maximum atomic E-state index is 11.4. The van der Waals surface area contributed by atoms with Gasteiger partial charge < -0.3 is 10.6 Å². The Morgan fingerprint density at radius 2 is 2.33 bits per heavy atom. The molecule has 0 atom stereocenters. The Morgan fingerprint density at radius 3 is 3.00 bits per heavy atom. The third kappa shape index (κ3) is 4.56. The summed E-state index contributed by atoms with van der Waals surface area (Å²) in [6.45, 7) is 5.57. The van der Waals surface area contributed by atoms with Crippen LogP contribution in [0.5, 0.6) is 0 Å². The van der Waals surface area contributed by atoms with Gasteiger partial charge in [-0.1, -0.05) is 6.92 Å². The van der Waals surface area contributed by atoms with Gasteiger partial charge in [-0.15, -0.1) is 0 Å². The van der Waals surface area contributed by atoms with Crippen LogP contribution in [0.25, 0.3) is 0 Å². The van der Waals surface area contributed by atoms with E-state index in [9.17, 15) is 4.79 Å². The van der Waals surface area contributed by atoms with Crippen LogP contribution in [0.2, 0.25) is 0 Å². The van der Waals surface area contributed by atoms with Gasteiger partial charge in [0.05, 0.1) is 0 Å². The number of hydrogen-bond acceptors (Lipinski definition) is 3. The zero-order valence-electron chi connectivity index (χ0n) is 9.21. The van der Waals surface area contributed by atoms with E-state index in [-0.39, 0.29) is 5.91 Å². The van der Waals surface area contributed by atoms with E-state index in [2.05, 4.69) is 15.6 Å². The fraction of sp³-hybridized carbons (Fsp3) is 0.455. The second-order valence-electron chi connectivity index (χ2n) is 3.37. The molecule has 0 fully saturated rings. The van der Waals surface area contributed by atoms with Crippen molar-refractivity contribution in [3.8, 4) is 0 Å². The van der Waals surface area contributed by atoms with E-state index in [0.29, 0.717) is 18.8 Å². The molecule has 4 nitrogen and oxygen atoms in total. The second kappa shape index (κ2) is 6.14. The maximum absolute atomic E-state index is 11.4. The van der Waals surface area contributed by atoms with Crippen LogP contribution in [-0.4, -0.2) is 24.0 Å². The molecule has 0 saturated heterocycles. The molecule has 0 bridgehead atoms. The van der Waals surface area contributed by atoms with Crippen molar-refractivity contribution in [1.82, 2.24) is 10.3 Å². The quantitative estimate of drug-likeness (QED) is 0.716. The summed E-state index contributed by atoms with van der Waals surface area (Å²) in [5, 5.41) is 5.85. The number of hydrogen-bond donors (Lipinski definition) is 2. The van der Waals surface area contributed by atoms with Crippen molar-refractivity contribution in [2.75, 3.05) is 18.4 Å². The highest BCUT2D eigenvalue weighted by Gasteiger charge is 2.02. The van der Waals surface area contributed by atoms with Gasteiger partial charge in [0.2, 0.25) is 5.91 Å². The molecule has 1 aromatic rings. The standard InChI is InChI=1S/C11H17N3O/c1-3-12-6-5-11(15)14-10-8-9(2)4-7-13-10/h4,7-8,12H,3,5-6H2,1-2H3,(H,13,14,15). The summed E-state index contributed by atoms with van der Waals surface area (Å²) in [5.74, 6) is 0.616. The SMILES string of the molecule is CCNCCC(=O)Nc1cc(C)ccn1. The molecule has 4 heteroatoms. The first-order chi connectivity index (χ1) is 7.22. The van der Waals surface area contributed by atoms with Crippen LogP contribution in [0.15, 0.2) is 18.3 Å². The smallest absolute Gasteiger partial charge is 0.226 e. The number of aryl methyl sites for hydroxylation is 1. The van der Waals surface area contributed by atoms with Crippen molar-refractivity contribution >= 4 is 11.7 Å². The molecule has 0 radical (unpaired) electrons. The predicted octanol–water partition coefficient (Wildman–Crippen LogP) is 1.33. The van der Waals surface area contributed by atoms with Gasteiger partial charge in [-0.25, -0.2) is 4.98 Å². The molecule has 0 unspecified atom stereocenters. The van der Waals surface area contributed by atoms with Crippen LogP contribution in [0.3, 0.4) is 0 Å². The third-order valence-electron chi connectivity index (χ3n) is 1.96. The summed E-state index contributed by atoms with van der Waals surface area (Å²) >= 11 is 0. The van der Waals surface area contributed by atoms with Gasteiger partial charge in [0, 0.05) is 19.2 Å². The molecule has 1 aromatic heterocycles. The second-order valence-corrected chi connectivity index (χ2v) is 3.37. The number of pyridine rings is 1. The molecule has 2 N–H and O–H groups in total. The van der Waals surface area contributed by atoms with Crippen molar-refractivity contribution in [2.24, 2.45) is 0 Å². The van der Waals surface area contributed by atoms with Gasteiger partial charge in [0.15, 0.2) is 0 Å². The summed E-state index contributed by atoms with van der Waals surface area (Å²) in [6.07, 6.45) is 2.17. The van der Waals surface area contributed by atoms with Crippen molar-refractivity contribution in [3.05, 3.63) is 23.9 Å². The first-order valence-corrected chi connectivity index (χ1v) is 5.15. The highest BCUT2D eigenvalue weighted by atomic mass is 16.1. The van der Waals surface area contributed by atoms with E-state index in [4.69, 9.17) is 0 Å². The molecule has 0 spiro atoms. The Balaban J connectivity index is 2.37. The highest BCUT2D eigenvalue weighted by molar-refractivity contribution is 5.89. The molecule has 0 saturated carbocycles. The summed E-state index contributed by atoms with van der Waals surface area (Å²) in [7, 11) is 0. The minimum atomic E-state index is -0.00551. The number of aromatic nitrogens is 1. The highest BCUT2D eigenvalue weighted by Crippen LogP contribution is 2.05. The Labute approximate surface area is 90.1 Å².